The smallest absolute Gasteiger partial charge is 0.223 e. The van der Waals surface area contributed by atoms with E-state index in [-0.39, 0.29) is 0 Å². The van der Waals surface area contributed by atoms with Crippen LogP contribution in [0.1, 0.15) is 44.8 Å². The van der Waals surface area contributed by atoms with Crippen molar-refractivity contribution in [2.75, 3.05) is 7.05 Å². The molecule has 1 aromatic heterocycles. The van der Waals surface area contributed by atoms with Gasteiger partial charge in [0.1, 0.15) is 0 Å². The van der Waals surface area contributed by atoms with E-state index in [1.54, 1.807) is 14.0 Å². The number of aromatic nitrogens is 2. The maximum absolute atomic E-state index is 4.95. The summed E-state index contributed by atoms with van der Waals surface area (Å²) in [5, 5.41) is 10.6. The molecule has 0 aliphatic heterocycles. The third kappa shape index (κ3) is 4.21. The summed E-state index contributed by atoms with van der Waals surface area (Å²) < 4.78 is 4.95. The molecule has 1 aromatic rings. The van der Waals surface area contributed by atoms with E-state index in [4.69, 9.17) is 4.52 Å². The minimum absolute atomic E-state index is 0.493. The maximum atomic E-state index is 4.95. The van der Waals surface area contributed by atoms with Crippen LogP contribution >= 0.6 is 0 Å². The van der Waals surface area contributed by atoms with E-state index in [0.717, 1.165) is 17.8 Å². The van der Waals surface area contributed by atoms with Crippen molar-refractivity contribution < 1.29 is 4.52 Å². The van der Waals surface area contributed by atoms with Crippen LogP contribution in [0.3, 0.4) is 0 Å². The van der Waals surface area contributed by atoms with E-state index in [1.807, 2.05) is 0 Å². The lowest BCUT2D eigenvalue weighted by Gasteiger charge is -2.32. The number of aryl methyl sites for hydroxylation is 1. The standard InChI is InChI=1S/C14H25N5O/c1-9-5-10(2)7-12(6-9)18-14(15-4)16-8-13-17-11(3)20-19-13/h9-10,12H,5-8H2,1-4H3,(H2,15,16,18). The molecule has 2 atom stereocenters. The molecule has 6 heteroatoms. The molecule has 2 N–H and O–H groups in total. The average Bonchev–Trinajstić information content (AvgIpc) is 2.79. The Bertz CT molecular complexity index is 446. The molecule has 1 aliphatic rings. The molecule has 1 fully saturated rings. The zero-order chi connectivity index (χ0) is 14.5. The van der Waals surface area contributed by atoms with E-state index in [9.17, 15) is 0 Å². The summed E-state index contributed by atoms with van der Waals surface area (Å²) in [6.45, 7) is 6.95. The van der Waals surface area contributed by atoms with Crippen LogP contribution in [0.5, 0.6) is 0 Å². The molecular formula is C14H25N5O. The van der Waals surface area contributed by atoms with Gasteiger partial charge in [-0.05, 0) is 31.1 Å². The predicted octanol–water partition coefficient (Wildman–Crippen LogP) is 1.87. The lowest BCUT2D eigenvalue weighted by atomic mass is 9.80. The van der Waals surface area contributed by atoms with Gasteiger partial charge in [0, 0.05) is 20.0 Å². The van der Waals surface area contributed by atoms with E-state index in [0.29, 0.717) is 24.3 Å². The Balaban J connectivity index is 1.83. The molecule has 0 spiro atoms. The van der Waals surface area contributed by atoms with E-state index in [1.165, 1.54) is 19.3 Å². The summed E-state index contributed by atoms with van der Waals surface area (Å²) in [5.41, 5.74) is 0. The number of nitrogens with one attached hydrogen (secondary N) is 2. The average molecular weight is 279 g/mol. The lowest BCUT2D eigenvalue weighted by molar-refractivity contribution is 0.255. The summed E-state index contributed by atoms with van der Waals surface area (Å²) >= 11 is 0. The van der Waals surface area contributed by atoms with Crippen LogP contribution in [0, 0.1) is 18.8 Å². The van der Waals surface area contributed by atoms with Gasteiger partial charge in [0.05, 0.1) is 6.54 Å². The second kappa shape index (κ2) is 6.72. The highest BCUT2D eigenvalue weighted by Crippen LogP contribution is 2.28. The van der Waals surface area contributed by atoms with Crippen LogP contribution in [0.4, 0.5) is 0 Å². The van der Waals surface area contributed by atoms with Crippen LogP contribution < -0.4 is 10.6 Å². The molecule has 112 valence electrons. The van der Waals surface area contributed by atoms with Crippen LogP contribution in [-0.2, 0) is 6.54 Å². The minimum atomic E-state index is 0.493. The van der Waals surface area contributed by atoms with Gasteiger partial charge in [0.2, 0.25) is 5.89 Å². The van der Waals surface area contributed by atoms with Crippen molar-refractivity contribution in [3.8, 4) is 0 Å². The fourth-order valence-electron chi connectivity index (χ4n) is 3.03. The second-order valence-corrected chi connectivity index (χ2v) is 5.91. The van der Waals surface area contributed by atoms with Crippen molar-refractivity contribution in [1.82, 2.24) is 20.8 Å². The highest BCUT2D eigenvalue weighted by molar-refractivity contribution is 5.79. The molecule has 2 unspecified atom stereocenters. The molecular weight excluding hydrogens is 254 g/mol. The van der Waals surface area contributed by atoms with E-state index >= 15 is 0 Å². The number of aliphatic imine (C=N–C) groups is 1. The second-order valence-electron chi connectivity index (χ2n) is 5.91. The van der Waals surface area contributed by atoms with Gasteiger partial charge in [-0.15, -0.1) is 0 Å². The molecule has 1 saturated carbocycles. The molecule has 20 heavy (non-hydrogen) atoms. The first-order valence-electron chi connectivity index (χ1n) is 7.33. The predicted molar refractivity (Wildman–Crippen MR) is 78.3 cm³/mol. The zero-order valence-corrected chi connectivity index (χ0v) is 12.8. The van der Waals surface area contributed by atoms with Crippen molar-refractivity contribution in [2.24, 2.45) is 16.8 Å². The first-order valence-corrected chi connectivity index (χ1v) is 7.33. The first-order chi connectivity index (χ1) is 9.56. The molecule has 0 aromatic carbocycles. The summed E-state index contributed by atoms with van der Waals surface area (Å²) in [7, 11) is 1.78. The van der Waals surface area contributed by atoms with Crippen molar-refractivity contribution in [2.45, 2.75) is 52.6 Å². The summed E-state index contributed by atoms with van der Waals surface area (Å²) in [6, 6.07) is 0.493. The Morgan fingerprint density at radius 2 is 2.00 bits per heavy atom. The number of nitrogens with zero attached hydrogens (tertiary/aromatic N) is 3. The van der Waals surface area contributed by atoms with Gasteiger partial charge in [0.15, 0.2) is 11.8 Å². The van der Waals surface area contributed by atoms with Crippen LogP contribution in [0.15, 0.2) is 9.52 Å². The molecule has 0 amide bonds. The minimum Gasteiger partial charge on any atom is -0.354 e. The van der Waals surface area contributed by atoms with Gasteiger partial charge in [-0.25, -0.2) is 0 Å². The van der Waals surface area contributed by atoms with Gasteiger partial charge >= 0.3 is 0 Å². The summed E-state index contributed by atoms with van der Waals surface area (Å²) in [6.07, 6.45) is 3.73. The highest BCUT2D eigenvalue weighted by Gasteiger charge is 2.24. The molecule has 1 aliphatic carbocycles. The molecule has 0 radical (unpaired) electrons. The quantitative estimate of drug-likeness (QED) is 0.652. The largest absolute Gasteiger partial charge is 0.354 e. The fraction of sp³-hybridized carbons (Fsp3) is 0.786. The normalized spacial score (nSPS) is 27.4. The molecule has 0 saturated heterocycles. The molecule has 2 rings (SSSR count). The highest BCUT2D eigenvalue weighted by atomic mass is 16.5. The van der Waals surface area contributed by atoms with Gasteiger partial charge in [-0.1, -0.05) is 19.0 Å². The van der Waals surface area contributed by atoms with Crippen molar-refractivity contribution in [1.29, 1.82) is 0 Å². The Morgan fingerprint density at radius 1 is 1.30 bits per heavy atom. The van der Waals surface area contributed by atoms with E-state index in [2.05, 4.69) is 39.6 Å². The number of hydrogen-bond acceptors (Lipinski definition) is 4. The van der Waals surface area contributed by atoms with Crippen molar-refractivity contribution in [3.05, 3.63) is 11.7 Å². The van der Waals surface area contributed by atoms with Crippen LogP contribution in [0.2, 0.25) is 0 Å². The zero-order valence-electron chi connectivity index (χ0n) is 12.8. The van der Waals surface area contributed by atoms with Gasteiger partial charge < -0.3 is 15.2 Å². The van der Waals surface area contributed by atoms with E-state index < -0.39 is 0 Å². The summed E-state index contributed by atoms with van der Waals surface area (Å²) in [5.74, 6) is 3.58. The Hall–Kier alpha value is -1.59. The lowest BCUT2D eigenvalue weighted by Crippen LogP contribution is -2.46. The van der Waals surface area contributed by atoms with Crippen molar-refractivity contribution in [3.63, 3.8) is 0 Å². The molecule has 1 heterocycles. The maximum Gasteiger partial charge on any atom is 0.223 e. The molecule has 0 bridgehead atoms. The third-order valence-electron chi connectivity index (χ3n) is 3.73. The third-order valence-corrected chi connectivity index (χ3v) is 3.73. The number of rotatable bonds is 3. The van der Waals surface area contributed by atoms with Crippen LogP contribution in [0.25, 0.3) is 0 Å². The van der Waals surface area contributed by atoms with Gasteiger partial charge in [-0.3, -0.25) is 4.99 Å². The number of hydrogen-bond donors (Lipinski definition) is 2. The van der Waals surface area contributed by atoms with Crippen molar-refractivity contribution >= 4 is 5.96 Å². The molecule has 6 nitrogen and oxygen atoms in total. The van der Waals surface area contributed by atoms with Gasteiger partial charge in [0.25, 0.3) is 0 Å². The van der Waals surface area contributed by atoms with Gasteiger partial charge in [-0.2, -0.15) is 4.98 Å². The number of guanidine groups is 1. The van der Waals surface area contributed by atoms with Crippen LogP contribution in [-0.4, -0.2) is 29.2 Å². The summed E-state index contributed by atoms with van der Waals surface area (Å²) in [4.78, 5) is 8.43. The topological polar surface area (TPSA) is 75.3 Å². The monoisotopic (exact) mass is 279 g/mol. The Kier molecular flexibility index (Phi) is 4.98. The Labute approximate surface area is 120 Å². The Morgan fingerprint density at radius 3 is 2.55 bits per heavy atom. The fourth-order valence-corrected chi connectivity index (χ4v) is 3.03. The first kappa shape index (κ1) is 14.8. The SMILES string of the molecule is CN=C(NCc1noc(C)n1)NC1CC(C)CC(C)C1.